The lowest BCUT2D eigenvalue weighted by Gasteiger charge is -2.06. The molecule has 1 heterocycles. The van der Waals surface area contributed by atoms with Crippen molar-refractivity contribution in [3.8, 4) is 11.8 Å². The summed E-state index contributed by atoms with van der Waals surface area (Å²) in [6.07, 6.45) is 0. The van der Waals surface area contributed by atoms with E-state index in [0.29, 0.717) is 11.1 Å². The number of aromatic nitrogens is 2. The van der Waals surface area contributed by atoms with Crippen LogP contribution in [0.1, 0.15) is 5.69 Å². The number of hydrogen-bond acceptors (Lipinski definition) is 6. The highest BCUT2D eigenvalue weighted by Gasteiger charge is 2.28. The van der Waals surface area contributed by atoms with E-state index in [1.807, 2.05) is 30.3 Å². The molecule has 1 N–H and O–H groups in total. The first-order valence-electron chi connectivity index (χ1n) is 8.95. The minimum Gasteiger partial charge on any atom is -0.504 e. The van der Waals surface area contributed by atoms with Gasteiger partial charge in [0.05, 0.1) is 17.5 Å². The van der Waals surface area contributed by atoms with Gasteiger partial charge in [-0.15, -0.1) is 0 Å². The first-order valence-corrected chi connectivity index (χ1v) is 10.4. The van der Waals surface area contributed by atoms with Gasteiger partial charge in [-0.25, -0.2) is 8.42 Å². The molecule has 0 aliphatic heterocycles. The molecule has 3 aromatic carbocycles. The molecule has 0 radical (unpaired) electrons. The molecule has 0 unspecified atom stereocenters. The lowest BCUT2D eigenvalue weighted by molar-refractivity contribution is 0.414. The van der Waals surface area contributed by atoms with Gasteiger partial charge < -0.3 is 9.84 Å². The minimum absolute atomic E-state index is 0.0342. The Hall–Kier alpha value is -3.83. The van der Waals surface area contributed by atoms with Crippen LogP contribution in [-0.4, -0.2) is 30.4 Å². The summed E-state index contributed by atoms with van der Waals surface area (Å²) in [6.45, 7) is 0. The smallest absolute Gasteiger partial charge is 0.220 e. The number of sulfone groups is 1. The van der Waals surface area contributed by atoms with E-state index in [-0.39, 0.29) is 10.6 Å². The molecule has 0 saturated carbocycles. The lowest BCUT2D eigenvalue weighted by atomic mass is 10.1. The highest BCUT2D eigenvalue weighted by atomic mass is 32.2. The zero-order valence-corrected chi connectivity index (χ0v) is 17.0. The fraction of sp³-hybridized carbons (Fsp3) is 0.0909. The van der Waals surface area contributed by atoms with E-state index in [0.717, 1.165) is 16.3 Å². The standard InChI is InChI=1S/C22H17N3O4S/c1-25-21-17-6-4-3-5-14(17)7-12-18(21)20(24-25)22(26)19(13-23)30(27,28)16-10-8-15(29-2)9-11-16/h3-12,26H,1-2H3. The van der Waals surface area contributed by atoms with Gasteiger partial charge in [-0.1, -0.05) is 30.3 Å². The van der Waals surface area contributed by atoms with Gasteiger partial charge in [0.15, 0.2) is 10.7 Å². The number of aliphatic hydroxyl groups excluding tert-OH is 1. The van der Waals surface area contributed by atoms with Crippen LogP contribution in [0.5, 0.6) is 5.75 Å². The van der Waals surface area contributed by atoms with Crippen LogP contribution in [0.3, 0.4) is 0 Å². The molecule has 0 fully saturated rings. The number of aliphatic hydroxyl groups is 1. The summed E-state index contributed by atoms with van der Waals surface area (Å²) in [5, 5.41) is 27.2. The maximum atomic E-state index is 13.0. The number of aryl methyl sites for hydroxylation is 1. The SMILES string of the molecule is COc1ccc(S(=O)(=O)C(C#N)=C(O)c2nn(C)c3c2ccc2ccccc23)cc1. The monoisotopic (exact) mass is 419 g/mol. The highest BCUT2D eigenvalue weighted by molar-refractivity contribution is 7.95. The lowest BCUT2D eigenvalue weighted by Crippen LogP contribution is -2.07. The Morgan fingerprint density at radius 1 is 1.07 bits per heavy atom. The van der Waals surface area contributed by atoms with E-state index >= 15 is 0 Å². The number of fused-ring (bicyclic) bond motifs is 3. The molecule has 0 aliphatic rings. The molecule has 7 nitrogen and oxygen atoms in total. The molecule has 0 spiro atoms. The van der Waals surface area contributed by atoms with E-state index in [2.05, 4.69) is 5.10 Å². The van der Waals surface area contributed by atoms with Crippen molar-refractivity contribution in [3.05, 3.63) is 71.3 Å². The van der Waals surface area contributed by atoms with Crippen LogP contribution in [-0.2, 0) is 16.9 Å². The largest absolute Gasteiger partial charge is 0.504 e. The van der Waals surface area contributed by atoms with E-state index in [4.69, 9.17) is 4.74 Å². The molecular weight excluding hydrogens is 402 g/mol. The Balaban J connectivity index is 1.95. The van der Waals surface area contributed by atoms with E-state index in [1.165, 1.54) is 31.4 Å². The van der Waals surface area contributed by atoms with Gasteiger partial charge in [0, 0.05) is 17.8 Å². The summed E-state index contributed by atoms with van der Waals surface area (Å²) < 4.78 is 32.6. The van der Waals surface area contributed by atoms with Crippen LogP contribution >= 0.6 is 0 Å². The number of methoxy groups -OCH3 is 1. The second-order valence-electron chi connectivity index (χ2n) is 6.62. The molecule has 4 rings (SSSR count). The van der Waals surface area contributed by atoms with E-state index < -0.39 is 20.5 Å². The molecule has 150 valence electrons. The fourth-order valence-electron chi connectivity index (χ4n) is 3.44. The van der Waals surface area contributed by atoms with Gasteiger partial charge >= 0.3 is 0 Å². The van der Waals surface area contributed by atoms with Gasteiger partial charge in [-0.3, -0.25) is 4.68 Å². The third-order valence-corrected chi connectivity index (χ3v) is 6.62. The van der Waals surface area contributed by atoms with Crippen LogP contribution in [0.15, 0.2) is 70.5 Å². The summed E-state index contributed by atoms with van der Waals surface area (Å²) in [7, 11) is -1.09. The average molecular weight is 419 g/mol. The Kier molecular flexibility index (Phi) is 4.68. The zero-order chi connectivity index (χ0) is 21.5. The summed E-state index contributed by atoms with van der Waals surface area (Å²) in [6, 6.07) is 18.5. The van der Waals surface area contributed by atoms with Crippen LogP contribution in [0, 0.1) is 11.3 Å². The summed E-state index contributed by atoms with van der Waals surface area (Å²) in [5.74, 6) is -0.211. The number of rotatable bonds is 4. The molecule has 0 saturated heterocycles. The minimum atomic E-state index is -4.26. The first kappa shape index (κ1) is 19.5. The maximum Gasteiger partial charge on any atom is 0.220 e. The zero-order valence-electron chi connectivity index (χ0n) is 16.2. The highest BCUT2D eigenvalue weighted by Crippen LogP contribution is 2.33. The van der Waals surface area contributed by atoms with E-state index in [1.54, 1.807) is 23.9 Å². The first-order chi connectivity index (χ1) is 14.4. The molecule has 8 heteroatoms. The molecule has 4 aromatic rings. The van der Waals surface area contributed by atoms with Crippen molar-refractivity contribution in [3.63, 3.8) is 0 Å². The second-order valence-corrected chi connectivity index (χ2v) is 8.51. The van der Waals surface area contributed by atoms with Crippen molar-refractivity contribution in [2.75, 3.05) is 7.11 Å². The molecule has 0 amide bonds. The molecule has 0 aliphatic carbocycles. The molecule has 30 heavy (non-hydrogen) atoms. The number of benzene rings is 3. The Morgan fingerprint density at radius 2 is 1.77 bits per heavy atom. The van der Waals surface area contributed by atoms with Crippen molar-refractivity contribution in [2.45, 2.75) is 4.90 Å². The summed E-state index contributed by atoms with van der Waals surface area (Å²) in [4.78, 5) is -0.891. The molecular formula is C22H17N3O4S. The number of hydrogen-bond donors (Lipinski definition) is 1. The third kappa shape index (κ3) is 2.96. The number of allylic oxidation sites excluding steroid dienone is 1. The average Bonchev–Trinajstić information content (AvgIpc) is 3.11. The Bertz CT molecular complexity index is 1460. The number of nitrogens with zero attached hydrogens (tertiary/aromatic N) is 3. The van der Waals surface area contributed by atoms with Crippen molar-refractivity contribution >= 4 is 37.3 Å². The van der Waals surface area contributed by atoms with Crippen LogP contribution in [0.2, 0.25) is 0 Å². The van der Waals surface area contributed by atoms with Crippen molar-refractivity contribution in [2.24, 2.45) is 7.05 Å². The number of nitriles is 1. The van der Waals surface area contributed by atoms with Gasteiger partial charge in [-0.05, 0) is 35.7 Å². The van der Waals surface area contributed by atoms with Gasteiger partial charge in [0.1, 0.15) is 17.5 Å². The molecule has 0 bridgehead atoms. The normalized spacial score (nSPS) is 12.6. The molecule has 0 atom stereocenters. The van der Waals surface area contributed by atoms with Gasteiger partial charge in [0.25, 0.3) is 0 Å². The summed E-state index contributed by atoms with van der Waals surface area (Å²) in [5.41, 5.74) is 0.765. The quantitative estimate of drug-likeness (QED) is 0.396. The Labute approximate surface area is 173 Å². The fourth-order valence-corrected chi connectivity index (χ4v) is 4.65. The van der Waals surface area contributed by atoms with Gasteiger partial charge in [-0.2, -0.15) is 10.4 Å². The van der Waals surface area contributed by atoms with Crippen molar-refractivity contribution < 1.29 is 18.3 Å². The van der Waals surface area contributed by atoms with Crippen LogP contribution in [0.4, 0.5) is 0 Å². The molecule has 1 aromatic heterocycles. The van der Waals surface area contributed by atoms with Crippen LogP contribution < -0.4 is 4.74 Å². The van der Waals surface area contributed by atoms with Crippen molar-refractivity contribution in [1.82, 2.24) is 9.78 Å². The maximum absolute atomic E-state index is 13.0. The predicted octanol–water partition coefficient (Wildman–Crippen LogP) is 3.96. The summed E-state index contributed by atoms with van der Waals surface area (Å²) >= 11 is 0. The third-order valence-electron chi connectivity index (χ3n) is 4.91. The second kappa shape index (κ2) is 7.21. The number of ether oxygens (including phenoxy) is 1. The van der Waals surface area contributed by atoms with Crippen LogP contribution in [0.25, 0.3) is 27.4 Å². The Morgan fingerprint density at radius 3 is 2.43 bits per heavy atom. The van der Waals surface area contributed by atoms with Crippen molar-refractivity contribution in [1.29, 1.82) is 5.26 Å². The predicted molar refractivity (Wildman–Crippen MR) is 114 cm³/mol. The van der Waals surface area contributed by atoms with E-state index in [9.17, 15) is 18.8 Å². The topological polar surface area (TPSA) is 105 Å². The van der Waals surface area contributed by atoms with Gasteiger partial charge in [0.2, 0.25) is 9.84 Å².